The number of ketones is 1. The number of pyridine rings is 1. The van der Waals surface area contributed by atoms with Crippen LogP contribution in [0.5, 0.6) is 0 Å². The van der Waals surface area contributed by atoms with Crippen LogP contribution < -0.4 is 5.01 Å². The molecular formula is C15H19N3O4. The zero-order valence-electron chi connectivity index (χ0n) is 12.7. The minimum absolute atomic E-state index is 0.0174. The third-order valence-corrected chi connectivity index (χ3v) is 2.66. The van der Waals surface area contributed by atoms with E-state index in [1.807, 2.05) is 19.9 Å². The molecule has 0 saturated carbocycles. The topological polar surface area (TPSA) is 99.9 Å². The van der Waals surface area contributed by atoms with Crippen LogP contribution in [0.3, 0.4) is 0 Å². The highest BCUT2D eigenvalue weighted by molar-refractivity contribution is 6.11. The molecule has 0 aromatic carbocycles. The minimum atomic E-state index is -1.03. The lowest BCUT2D eigenvalue weighted by molar-refractivity contribution is -0.140. The van der Waals surface area contributed by atoms with Crippen LogP contribution in [0.25, 0.3) is 0 Å². The quantitative estimate of drug-likeness (QED) is 0.839. The van der Waals surface area contributed by atoms with E-state index < -0.39 is 5.97 Å². The zero-order chi connectivity index (χ0) is 16.5. The fourth-order valence-corrected chi connectivity index (χ4v) is 1.75. The maximum absolute atomic E-state index is 11.4. The van der Waals surface area contributed by atoms with Crippen molar-refractivity contribution in [1.29, 1.82) is 0 Å². The average Bonchev–Trinajstić information content (AvgIpc) is 2.79. The molecular weight excluding hydrogens is 286 g/mol. The Morgan fingerprint density at radius 3 is 2.55 bits per heavy atom. The fourth-order valence-electron chi connectivity index (χ4n) is 1.75. The van der Waals surface area contributed by atoms with Gasteiger partial charge in [-0.3, -0.25) is 14.4 Å². The zero-order valence-corrected chi connectivity index (χ0v) is 12.7. The Hall–Kier alpha value is -2.57. The Balaban J connectivity index is 0.000000239. The van der Waals surface area contributed by atoms with Crippen LogP contribution in [0.1, 0.15) is 39.5 Å². The largest absolute Gasteiger partial charge is 0.481 e. The molecule has 1 aromatic heterocycles. The Kier molecular flexibility index (Phi) is 6.88. The van der Waals surface area contributed by atoms with Crippen molar-refractivity contribution in [3.8, 4) is 0 Å². The van der Waals surface area contributed by atoms with Gasteiger partial charge in [0, 0.05) is 18.3 Å². The van der Waals surface area contributed by atoms with Gasteiger partial charge in [-0.15, -0.1) is 0 Å². The molecule has 0 saturated heterocycles. The highest BCUT2D eigenvalue weighted by Gasteiger charge is 2.22. The van der Waals surface area contributed by atoms with E-state index >= 15 is 0 Å². The molecule has 1 aliphatic rings. The standard InChI is InChI=1S/C9H9N3O.C6H10O3/c1-7-6-9(13)12(11-7)8-4-2-3-5-10-8;1-2-3-5(7)4-6(8)9/h2-5H,6H2,1H3;2-4H2,1H3,(H,8,9). The number of anilines is 1. The third kappa shape index (κ3) is 5.82. The molecule has 0 radical (unpaired) electrons. The number of carbonyl (C=O) groups excluding carboxylic acids is 2. The highest BCUT2D eigenvalue weighted by atomic mass is 16.4. The summed E-state index contributed by atoms with van der Waals surface area (Å²) in [5, 5.41) is 13.5. The number of aliphatic carboxylic acids is 1. The Morgan fingerprint density at radius 1 is 1.36 bits per heavy atom. The summed E-state index contributed by atoms with van der Waals surface area (Å²) in [6.45, 7) is 3.68. The first-order chi connectivity index (χ1) is 10.4. The molecule has 0 atom stereocenters. The normalized spacial score (nSPS) is 13.3. The van der Waals surface area contributed by atoms with E-state index in [4.69, 9.17) is 5.11 Å². The van der Waals surface area contributed by atoms with Crippen LogP contribution in [0.15, 0.2) is 29.5 Å². The highest BCUT2D eigenvalue weighted by Crippen LogP contribution is 2.16. The molecule has 1 aromatic rings. The molecule has 1 N–H and O–H groups in total. The van der Waals surface area contributed by atoms with E-state index in [1.54, 1.807) is 18.3 Å². The number of hydrogen-bond acceptors (Lipinski definition) is 5. The van der Waals surface area contributed by atoms with Gasteiger partial charge in [-0.1, -0.05) is 13.0 Å². The van der Waals surface area contributed by atoms with E-state index in [0.29, 0.717) is 18.7 Å². The summed E-state index contributed by atoms with van der Waals surface area (Å²) in [5.74, 6) is -0.654. The molecule has 0 unspecified atom stereocenters. The van der Waals surface area contributed by atoms with Crippen molar-refractivity contribution in [2.75, 3.05) is 5.01 Å². The molecule has 7 heteroatoms. The predicted octanol–water partition coefficient (Wildman–Crippen LogP) is 2.02. The maximum atomic E-state index is 11.4. The van der Waals surface area contributed by atoms with Crippen molar-refractivity contribution in [3.05, 3.63) is 24.4 Å². The van der Waals surface area contributed by atoms with Crippen LogP contribution in [-0.4, -0.2) is 33.5 Å². The summed E-state index contributed by atoms with van der Waals surface area (Å²) < 4.78 is 0. The molecule has 0 fully saturated rings. The van der Waals surface area contributed by atoms with Gasteiger partial charge in [0.1, 0.15) is 12.2 Å². The van der Waals surface area contributed by atoms with Crippen molar-refractivity contribution < 1.29 is 19.5 Å². The molecule has 7 nitrogen and oxygen atoms in total. The van der Waals surface area contributed by atoms with Gasteiger partial charge < -0.3 is 5.11 Å². The van der Waals surface area contributed by atoms with Crippen molar-refractivity contribution in [2.24, 2.45) is 5.10 Å². The van der Waals surface area contributed by atoms with Gasteiger partial charge in [-0.05, 0) is 25.5 Å². The number of aromatic nitrogens is 1. The van der Waals surface area contributed by atoms with Crippen LogP contribution >= 0.6 is 0 Å². The second-order valence-corrected chi connectivity index (χ2v) is 4.76. The molecule has 2 heterocycles. The summed E-state index contributed by atoms with van der Waals surface area (Å²) in [6.07, 6.45) is 2.83. The SMILES string of the molecule is CC1=NN(c2ccccn2)C(=O)C1.CCCC(=O)CC(=O)O. The van der Waals surface area contributed by atoms with Crippen LogP contribution in [-0.2, 0) is 14.4 Å². The Morgan fingerprint density at radius 2 is 2.09 bits per heavy atom. The molecule has 2 rings (SSSR count). The van der Waals surface area contributed by atoms with Crippen molar-refractivity contribution in [1.82, 2.24) is 4.98 Å². The molecule has 0 aliphatic carbocycles. The number of carboxylic acid groups (broad SMARTS) is 1. The molecule has 118 valence electrons. The van der Waals surface area contributed by atoms with E-state index in [1.165, 1.54) is 5.01 Å². The first kappa shape index (κ1) is 17.5. The number of nitrogens with zero attached hydrogens (tertiary/aromatic N) is 3. The smallest absolute Gasteiger partial charge is 0.310 e. The van der Waals surface area contributed by atoms with Crippen molar-refractivity contribution in [3.63, 3.8) is 0 Å². The van der Waals surface area contributed by atoms with Gasteiger partial charge in [0.2, 0.25) is 0 Å². The number of hydrazone groups is 1. The lowest BCUT2D eigenvalue weighted by Crippen LogP contribution is -2.20. The number of amides is 1. The molecule has 22 heavy (non-hydrogen) atoms. The summed E-state index contributed by atoms with van der Waals surface area (Å²) in [6, 6.07) is 5.40. The fraction of sp³-hybridized carbons (Fsp3) is 0.400. The molecule has 1 amide bonds. The number of carboxylic acids is 1. The average molecular weight is 305 g/mol. The number of rotatable bonds is 5. The second-order valence-electron chi connectivity index (χ2n) is 4.76. The van der Waals surface area contributed by atoms with Crippen molar-refractivity contribution in [2.45, 2.75) is 39.5 Å². The lowest BCUT2D eigenvalue weighted by atomic mass is 10.2. The molecule has 0 bridgehead atoms. The third-order valence-electron chi connectivity index (χ3n) is 2.66. The summed E-state index contributed by atoms with van der Waals surface area (Å²) in [7, 11) is 0. The minimum Gasteiger partial charge on any atom is -0.481 e. The maximum Gasteiger partial charge on any atom is 0.310 e. The van der Waals surface area contributed by atoms with E-state index in [0.717, 1.165) is 12.1 Å². The number of carbonyl (C=O) groups is 3. The van der Waals surface area contributed by atoms with E-state index in [2.05, 4.69) is 10.1 Å². The van der Waals surface area contributed by atoms with Gasteiger partial charge in [-0.2, -0.15) is 10.1 Å². The van der Waals surface area contributed by atoms with Gasteiger partial charge in [0.25, 0.3) is 5.91 Å². The Bertz CT molecular complexity index is 569. The van der Waals surface area contributed by atoms with Gasteiger partial charge in [-0.25, -0.2) is 4.98 Å². The van der Waals surface area contributed by atoms with Crippen LogP contribution in [0.4, 0.5) is 5.82 Å². The lowest BCUT2D eigenvalue weighted by Gasteiger charge is -2.08. The second kappa shape index (κ2) is 8.66. The molecule has 0 spiro atoms. The van der Waals surface area contributed by atoms with Gasteiger partial charge in [0.05, 0.1) is 6.42 Å². The van der Waals surface area contributed by atoms with Crippen molar-refractivity contribution >= 4 is 29.2 Å². The monoisotopic (exact) mass is 305 g/mol. The van der Waals surface area contributed by atoms with Crippen LogP contribution in [0.2, 0.25) is 0 Å². The van der Waals surface area contributed by atoms with Gasteiger partial charge >= 0.3 is 5.97 Å². The summed E-state index contributed by atoms with van der Waals surface area (Å²) in [4.78, 5) is 35.7. The van der Waals surface area contributed by atoms with E-state index in [-0.39, 0.29) is 18.1 Å². The number of Topliss-reactive ketones (excluding diaryl/α,β-unsaturated/α-hetero) is 1. The molecule has 1 aliphatic heterocycles. The van der Waals surface area contributed by atoms with Gasteiger partial charge in [0.15, 0.2) is 5.82 Å². The van der Waals surface area contributed by atoms with E-state index in [9.17, 15) is 14.4 Å². The van der Waals surface area contributed by atoms with Crippen LogP contribution in [0, 0.1) is 0 Å². The first-order valence-corrected chi connectivity index (χ1v) is 6.95. The first-order valence-electron chi connectivity index (χ1n) is 6.95. The summed E-state index contributed by atoms with van der Waals surface area (Å²) >= 11 is 0. The summed E-state index contributed by atoms with van der Waals surface area (Å²) in [5.41, 5.74) is 0.829. The Labute approximate surface area is 128 Å². The number of hydrogen-bond donors (Lipinski definition) is 1. The predicted molar refractivity (Wildman–Crippen MR) is 81.6 cm³/mol.